The van der Waals surface area contributed by atoms with Crippen LogP contribution in [-0.2, 0) is 20.9 Å². The maximum atomic E-state index is 11.8. The van der Waals surface area contributed by atoms with Crippen LogP contribution in [0.2, 0.25) is 0 Å². The minimum Gasteiger partial charge on any atom is -0.468 e. The molecule has 1 aromatic heterocycles. The summed E-state index contributed by atoms with van der Waals surface area (Å²) < 4.78 is 4.86. The predicted octanol–water partition coefficient (Wildman–Crippen LogP) is 1.63. The SMILES string of the molecule is COC(=O)[C@H]1CCCCN1Cc1csc(NC(C)=O)n1. The molecule has 0 unspecified atom stereocenters. The van der Waals surface area contributed by atoms with Crippen molar-refractivity contribution >= 4 is 28.3 Å². The first-order valence-electron chi connectivity index (χ1n) is 6.64. The van der Waals surface area contributed by atoms with Gasteiger partial charge >= 0.3 is 5.97 Å². The largest absolute Gasteiger partial charge is 0.468 e. The summed E-state index contributed by atoms with van der Waals surface area (Å²) in [6.07, 6.45) is 2.95. The van der Waals surface area contributed by atoms with Gasteiger partial charge in [-0.25, -0.2) is 4.98 Å². The van der Waals surface area contributed by atoms with E-state index < -0.39 is 0 Å². The van der Waals surface area contributed by atoms with Crippen molar-refractivity contribution in [3.63, 3.8) is 0 Å². The molecule has 6 nitrogen and oxygen atoms in total. The normalized spacial score (nSPS) is 19.6. The monoisotopic (exact) mass is 297 g/mol. The number of aromatic nitrogens is 1. The molecule has 1 atom stereocenters. The molecular formula is C13H19N3O3S. The first-order chi connectivity index (χ1) is 9.60. The Kier molecular flexibility index (Phi) is 5.08. The molecule has 1 aliphatic rings. The molecule has 1 fully saturated rings. The number of carbonyl (C=O) groups is 2. The number of nitrogens with one attached hydrogen (secondary N) is 1. The highest BCUT2D eigenvalue weighted by Gasteiger charge is 2.29. The lowest BCUT2D eigenvalue weighted by molar-refractivity contribution is -0.148. The molecule has 1 aromatic rings. The third kappa shape index (κ3) is 3.77. The van der Waals surface area contributed by atoms with Gasteiger partial charge in [0.1, 0.15) is 6.04 Å². The van der Waals surface area contributed by atoms with Crippen LogP contribution in [0.5, 0.6) is 0 Å². The molecule has 0 radical (unpaired) electrons. The average molecular weight is 297 g/mol. The van der Waals surface area contributed by atoms with Gasteiger partial charge in [-0.1, -0.05) is 6.42 Å². The fourth-order valence-electron chi connectivity index (χ4n) is 2.38. The minimum atomic E-state index is -0.181. The highest BCUT2D eigenvalue weighted by Crippen LogP contribution is 2.22. The average Bonchev–Trinajstić information content (AvgIpc) is 2.85. The van der Waals surface area contributed by atoms with E-state index in [0.29, 0.717) is 11.7 Å². The van der Waals surface area contributed by atoms with E-state index in [4.69, 9.17) is 4.74 Å². The Balaban J connectivity index is 2.01. The number of rotatable bonds is 4. The molecule has 2 rings (SSSR count). The van der Waals surface area contributed by atoms with Gasteiger partial charge in [-0.3, -0.25) is 14.5 Å². The van der Waals surface area contributed by atoms with Crippen molar-refractivity contribution < 1.29 is 14.3 Å². The number of methoxy groups -OCH3 is 1. The summed E-state index contributed by atoms with van der Waals surface area (Å²) in [7, 11) is 1.42. The first-order valence-corrected chi connectivity index (χ1v) is 7.52. The molecular weight excluding hydrogens is 278 g/mol. The molecule has 2 heterocycles. The molecule has 20 heavy (non-hydrogen) atoms. The van der Waals surface area contributed by atoms with Crippen molar-refractivity contribution in [1.29, 1.82) is 0 Å². The van der Waals surface area contributed by atoms with E-state index in [9.17, 15) is 9.59 Å². The van der Waals surface area contributed by atoms with E-state index >= 15 is 0 Å². The zero-order chi connectivity index (χ0) is 14.5. The van der Waals surface area contributed by atoms with Gasteiger partial charge in [0.05, 0.1) is 12.8 Å². The van der Waals surface area contributed by atoms with E-state index in [1.807, 2.05) is 5.38 Å². The zero-order valence-electron chi connectivity index (χ0n) is 11.7. The van der Waals surface area contributed by atoms with E-state index in [0.717, 1.165) is 31.5 Å². The Labute approximate surface area is 122 Å². The van der Waals surface area contributed by atoms with Gasteiger partial charge in [-0.15, -0.1) is 11.3 Å². The van der Waals surface area contributed by atoms with Gasteiger partial charge in [0.25, 0.3) is 0 Å². The fraction of sp³-hybridized carbons (Fsp3) is 0.615. The fourth-order valence-corrected chi connectivity index (χ4v) is 3.13. The zero-order valence-corrected chi connectivity index (χ0v) is 12.5. The number of hydrogen-bond donors (Lipinski definition) is 1. The van der Waals surface area contributed by atoms with Crippen molar-refractivity contribution in [3.05, 3.63) is 11.1 Å². The number of piperidine rings is 1. The summed E-state index contributed by atoms with van der Waals surface area (Å²) >= 11 is 1.40. The lowest BCUT2D eigenvalue weighted by atomic mass is 10.0. The Bertz CT molecular complexity index is 489. The third-order valence-electron chi connectivity index (χ3n) is 3.29. The van der Waals surface area contributed by atoms with Gasteiger partial charge in [-0.05, 0) is 19.4 Å². The van der Waals surface area contributed by atoms with E-state index in [2.05, 4.69) is 15.2 Å². The number of thiazole rings is 1. The highest BCUT2D eigenvalue weighted by molar-refractivity contribution is 7.13. The van der Waals surface area contributed by atoms with Crippen molar-refractivity contribution in [2.75, 3.05) is 19.0 Å². The standard InChI is InChI=1S/C13H19N3O3S/c1-9(17)14-13-15-10(8-20-13)7-16-6-4-3-5-11(16)12(18)19-2/h8,11H,3-7H2,1-2H3,(H,14,15,17)/t11-/m1/s1. The molecule has 1 amide bonds. The number of anilines is 1. The Morgan fingerprint density at radius 1 is 1.55 bits per heavy atom. The van der Waals surface area contributed by atoms with Gasteiger partial charge in [0.15, 0.2) is 5.13 Å². The van der Waals surface area contributed by atoms with Gasteiger partial charge in [0.2, 0.25) is 5.91 Å². The minimum absolute atomic E-state index is 0.128. The molecule has 1 N–H and O–H groups in total. The van der Waals surface area contributed by atoms with Crippen molar-refractivity contribution in [2.24, 2.45) is 0 Å². The number of hydrogen-bond acceptors (Lipinski definition) is 6. The lowest BCUT2D eigenvalue weighted by Gasteiger charge is -2.33. The van der Waals surface area contributed by atoms with Crippen LogP contribution < -0.4 is 5.32 Å². The summed E-state index contributed by atoms with van der Waals surface area (Å²) in [5, 5.41) is 5.17. The number of ether oxygens (including phenoxy) is 1. The molecule has 0 aliphatic carbocycles. The van der Waals surface area contributed by atoms with Crippen LogP contribution in [0, 0.1) is 0 Å². The van der Waals surface area contributed by atoms with Gasteiger partial charge < -0.3 is 10.1 Å². The number of carbonyl (C=O) groups excluding carboxylic acids is 2. The Hall–Kier alpha value is -1.47. The number of nitrogens with zero attached hydrogens (tertiary/aromatic N) is 2. The van der Waals surface area contributed by atoms with Crippen LogP contribution in [0.4, 0.5) is 5.13 Å². The molecule has 110 valence electrons. The van der Waals surface area contributed by atoms with Crippen LogP contribution in [0.15, 0.2) is 5.38 Å². The van der Waals surface area contributed by atoms with Crippen LogP contribution in [0.3, 0.4) is 0 Å². The second kappa shape index (κ2) is 6.81. The van der Waals surface area contributed by atoms with E-state index in [1.54, 1.807) is 0 Å². The Morgan fingerprint density at radius 2 is 2.35 bits per heavy atom. The molecule has 0 aromatic carbocycles. The predicted molar refractivity (Wildman–Crippen MR) is 76.5 cm³/mol. The topological polar surface area (TPSA) is 71.5 Å². The van der Waals surface area contributed by atoms with Crippen LogP contribution >= 0.6 is 11.3 Å². The third-order valence-corrected chi connectivity index (χ3v) is 4.09. The summed E-state index contributed by atoms with van der Waals surface area (Å²) in [5.41, 5.74) is 0.870. The smallest absolute Gasteiger partial charge is 0.323 e. The van der Waals surface area contributed by atoms with Crippen molar-refractivity contribution in [1.82, 2.24) is 9.88 Å². The van der Waals surface area contributed by atoms with E-state index in [-0.39, 0.29) is 17.9 Å². The van der Waals surface area contributed by atoms with Gasteiger partial charge in [-0.2, -0.15) is 0 Å². The van der Waals surface area contributed by atoms with Gasteiger partial charge in [0, 0.05) is 18.8 Å². The number of amides is 1. The van der Waals surface area contributed by atoms with Crippen LogP contribution in [0.25, 0.3) is 0 Å². The number of esters is 1. The van der Waals surface area contributed by atoms with Crippen molar-refractivity contribution in [2.45, 2.75) is 38.8 Å². The van der Waals surface area contributed by atoms with Crippen LogP contribution in [0.1, 0.15) is 31.9 Å². The van der Waals surface area contributed by atoms with Crippen LogP contribution in [-0.4, -0.2) is 41.5 Å². The maximum absolute atomic E-state index is 11.8. The lowest BCUT2D eigenvalue weighted by Crippen LogP contribution is -2.44. The summed E-state index contributed by atoms with van der Waals surface area (Å²) in [5.74, 6) is -0.307. The molecule has 0 bridgehead atoms. The van der Waals surface area contributed by atoms with E-state index in [1.165, 1.54) is 25.4 Å². The quantitative estimate of drug-likeness (QED) is 0.855. The second-order valence-corrected chi connectivity index (χ2v) is 5.69. The molecule has 7 heteroatoms. The maximum Gasteiger partial charge on any atom is 0.323 e. The molecule has 1 saturated heterocycles. The van der Waals surface area contributed by atoms with Crippen molar-refractivity contribution in [3.8, 4) is 0 Å². The molecule has 0 spiro atoms. The summed E-state index contributed by atoms with van der Waals surface area (Å²) in [6, 6.07) is -0.181. The highest BCUT2D eigenvalue weighted by atomic mass is 32.1. The molecule has 1 aliphatic heterocycles. The number of likely N-dealkylation sites (tertiary alicyclic amines) is 1. The summed E-state index contributed by atoms with van der Waals surface area (Å²) in [6.45, 7) is 2.93. The second-order valence-electron chi connectivity index (χ2n) is 4.83. The summed E-state index contributed by atoms with van der Waals surface area (Å²) in [4.78, 5) is 29.2. The Morgan fingerprint density at radius 3 is 3.05 bits per heavy atom. The molecule has 0 saturated carbocycles. The first kappa shape index (κ1) is 14.9.